The van der Waals surface area contributed by atoms with Crippen molar-refractivity contribution >= 4 is 29.9 Å². The van der Waals surface area contributed by atoms with Gasteiger partial charge in [0.05, 0.1) is 18.4 Å². The third kappa shape index (κ3) is 6.59. The van der Waals surface area contributed by atoms with Gasteiger partial charge in [0.2, 0.25) is 0 Å². The van der Waals surface area contributed by atoms with Crippen LogP contribution in [0.4, 0.5) is 0 Å². The predicted molar refractivity (Wildman–Crippen MR) is 128 cm³/mol. The second kappa shape index (κ2) is 11.6. The van der Waals surface area contributed by atoms with Gasteiger partial charge in [0.15, 0.2) is 5.96 Å². The molecule has 7 nitrogen and oxygen atoms in total. The Labute approximate surface area is 189 Å². The summed E-state index contributed by atoms with van der Waals surface area (Å²) in [4.78, 5) is 18.6. The zero-order valence-corrected chi connectivity index (χ0v) is 19.6. The van der Waals surface area contributed by atoms with E-state index in [9.17, 15) is 0 Å². The van der Waals surface area contributed by atoms with Crippen molar-refractivity contribution in [2.75, 3.05) is 20.6 Å². The number of aromatic nitrogens is 4. The van der Waals surface area contributed by atoms with Crippen LogP contribution in [0.5, 0.6) is 0 Å². The first kappa shape index (κ1) is 22.9. The summed E-state index contributed by atoms with van der Waals surface area (Å²) in [5, 5.41) is 3.43. The van der Waals surface area contributed by atoms with Crippen LogP contribution in [0, 0.1) is 6.92 Å². The van der Waals surface area contributed by atoms with Crippen molar-refractivity contribution in [1.82, 2.24) is 29.7 Å². The molecule has 8 heteroatoms. The van der Waals surface area contributed by atoms with E-state index < -0.39 is 0 Å². The van der Waals surface area contributed by atoms with Gasteiger partial charge in [-0.3, -0.25) is 4.99 Å². The number of aliphatic imine (C=N–C) groups is 1. The van der Waals surface area contributed by atoms with E-state index in [4.69, 9.17) is 0 Å². The number of H-pyrrole nitrogens is 1. The first-order valence-electron chi connectivity index (χ1n) is 9.66. The summed E-state index contributed by atoms with van der Waals surface area (Å²) in [5.74, 6) is 2.85. The van der Waals surface area contributed by atoms with E-state index in [0.29, 0.717) is 6.54 Å². The van der Waals surface area contributed by atoms with Gasteiger partial charge in [0.25, 0.3) is 0 Å². The first-order valence-corrected chi connectivity index (χ1v) is 9.66. The van der Waals surface area contributed by atoms with Gasteiger partial charge in [0, 0.05) is 39.6 Å². The normalized spacial score (nSPS) is 11.2. The molecular weight excluding hydrogens is 477 g/mol. The first-order chi connectivity index (χ1) is 13.7. The second-order valence-electron chi connectivity index (χ2n) is 6.81. The summed E-state index contributed by atoms with van der Waals surface area (Å²) in [5.41, 5.74) is 2.17. The van der Waals surface area contributed by atoms with Crippen molar-refractivity contribution in [2.24, 2.45) is 4.99 Å². The Bertz CT molecular complexity index is 885. The molecule has 29 heavy (non-hydrogen) atoms. The van der Waals surface area contributed by atoms with Crippen LogP contribution in [0.1, 0.15) is 24.5 Å². The molecule has 0 saturated heterocycles. The number of nitrogens with one attached hydrogen (secondary N) is 2. The summed E-state index contributed by atoms with van der Waals surface area (Å²) >= 11 is 0. The Kier molecular flexibility index (Phi) is 9.17. The van der Waals surface area contributed by atoms with Crippen molar-refractivity contribution in [3.05, 3.63) is 60.6 Å². The highest BCUT2D eigenvalue weighted by molar-refractivity contribution is 14.0. The molecule has 0 unspecified atom stereocenters. The van der Waals surface area contributed by atoms with Crippen molar-refractivity contribution in [3.63, 3.8) is 0 Å². The predicted octanol–water partition coefficient (Wildman–Crippen LogP) is 3.69. The van der Waals surface area contributed by atoms with Crippen LogP contribution in [0.2, 0.25) is 0 Å². The van der Waals surface area contributed by atoms with E-state index >= 15 is 0 Å². The molecule has 0 amide bonds. The molecule has 0 fully saturated rings. The number of hydrogen-bond acceptors (Lipinski definition) is 3. The number of aromatic amines is 1. The summed E-state index contributed by atoms with van der Waals surface area (Å²) in [6, 6.07) is 10.2. The highest BCUT2D eigenvalue weighted by Crippen LogP contribution is 2.16. The zero-order chi connectivity index (χ0) is 19.8. The van der Waals surface area contributed by atoms with Crippen LogP contribution in [0.3, 0.4) is 0 Å². The van der Waals surface area contributed by atoms with Crippen LogP contribution < -0.4 is 5.32 Å². The van der Waals surface area contributed by atoms with E-state index in [1.54, 1.807) is 0 Å². The molecule has 0 saturated carbocycles. The molecule has 0 atom stereocenters. The monoisotopic (exact) mass is 507 g/mol. The van der Waals surface area contributed by atoms with Crippen LogP contribution in [-0.4, -0.2) is 51.0 Å². The third-order valence-electron chi connectivity index (χ3n) is 4.71. The molecule has 2 aromatic heterocycles. The topological polar surface area (TPSA) is 74.1 Å². The smallest absolute Gasteiger partial charge is 0.193 e. The van der Waals surface area contributed by atoms with Gasteiger partial charge in [0.1, 0.15) is 11.6 Å². The Balaban J connectivity index is 0.00000300. The largest absolute Gasteiger partial charge is 0.356 e. The fourth-order valence-corrected chi connectivity index (χ4v) is 3.14. The van der Waals surface area contributed by atoms with Crippen LogP contribution in [0.25, 0.3) is 11.3 Å². The molecule has 3 rings (SSSR count). The number of rotatable bonds is 8. The van der Waals surface area contributed by atoms with Gasteiger partial charge in [-0.25, -0.2) is 9.97 Å². The Hall–Kier alpha value is -2.36. The van der Waals surface area contributed by atoms with Gasteiger partial charge >= 0.3 is 0 Å². The number of unbranched alkanes of at least 4 members (excludes halogenated alkanes) is 1. The SMILES string of the molecule is CN=C(NCCCCn1ccnc1C)N(C)Cc1ncc(-c2ccccc2)[nH]1.I. The van der Waals surface area contributed by atoms with Gasteiger partial charge in [-0.1, -0.05) is 30.3 Å². The minimum absolute atomic E-state index is 0. The highest BCUT2D eigenvalue weighted by atomic mass is 127. The molecule has 0 bridgehead atoms. The van der Waals surface area contributed by atoms with Gasteiger partial charge in [-0.2, -0.15) is 0 Å². The van der Waals surface area contributed by atoms with E-state index in [2.05, 4.69) is 46.9 Å². The van der Waals surface area contributed by atoms with E-state index in [1.807, 2.05) is 57.8 Å². The van der Waals surface area contributed by atoms with Crippen molar-refractivity contribution in [3.8, 4) is 11.3 Å². The lowest BCUT2D eigenvalue weighted by atomic mass is 10.2. The molecule has 0 aliphatic rings. The fourth-order valence-electron chi connectivity index (χ4n) is 3.14. The number of aryl methyl sites for hydroxylation is 2. The Morgan fingerprint density at radius 2 is 2.00 bits per heavy atom. The van der Waals surface area contributed by atoms with Crippen molar-refractivity contribution in [1.29, 1.82) is 0 Å². The summed E-state index contributed by atoms with van der Waals surface area (Å²) in [6.45, 7) is 4.59. The van der Waals surface area contributed by atoms with Gasteiger partial charge in [-0.15, -0.1) is 24.0 Å². The number of halogens is 1. The van der Waals surface area contributed by atoms with E-state index in [-0.39, 0.29) is 24.0 Å². The molecule has 0 aliphatic carbocycles. The lowest BCUT2D eigenvalue weighted by Crippen LogP contribution is -2.39. The molecule has 0 spiro atoms. The van der Waals surface area contributed by atoms with Gasteiger partial charge in [-0.05, 0) is 25.3 Å². The molecule has 0 radical (unpaired) electrons. The maximum absolute atomic E-state index is 4.51. The molecular formula is C21H30IN7. The van der Waals surface area contributed by atoms with Crippen LogP contribution in [0.15, 0.2) is 53.9 Å². The molecule has 1 aromatic carbocycles. The number of nitrogens with zero attached hydrogens (tertiary/aromatic N) is 5. The molecule has 3 aromatic rings. The quantitative estimate of drug-likeness (QED) is 0.211. The van der Waals surface area contributed by atoms with E-state index in [0.717, 1.165) is 54.8 Å². The van der Waals surface area contributed by atoms with Crippen molar-refractivity contribution in [2.45, 2.75) is 32.9 Å². The lowest BCUT2D eigenvalue weighted by molar-refractivity contribution is 0.461. The summed E-state index contributed by atoms with van der Waals surface area (Å²) < 4.78 is 2.18. The Morgan fingerprint density at radius 1 is 1.21 bits per heavy atom. The number of imidazole rings is 2. The minimum atomic E-state index is 0. The summed E-state index contributed by atoms with van der Waals surface area (Å²) in [7, 11) is 3.83. The number of hydrogen-bond donors (Lipinski definition) is 2. The molecule has 0 aliphatic heterocycles. The van der Waals surface area contributed by atoms with E-state index in [1.165, 1.54) is 0 Å². The van der Waals surface area contributed by atoms with Crippen molar-refractivity contribution < 1.29 is 0 Å². The highest BCUT2D eigenvalue weighted by Gasteiger charge is 2.09. The molecule has 156 valence electrons. The maximum Gasteiger partial charge on any atom is 0.193 e. The molecule has 2 N–H and O–H groups in total. The summed E-state index contributed by atoms with van der Waals surface area (Å²) in [6.07, 6.45) is 7.93. The zero-order valence-electron chi connectivity index (χ0n) is 17.3. The second-order valence-corrected chi connectivity index (χ2v) is 6.81. The minimum Gasteiger partial charge on any atom is -0.356 e. The number of benzene rings is 1. The third-order valence-corrected chi connectivity index (χ3v) is 4.71. The lowest BCUT2D eigenvalue weighted by Gasteiger charge is -2.21. The number of guanidine groups is 1. The van der Waals surface area contributed by atoms with Crippen LogP contribution in [-0.2, 0) is 13.1 Å². The fraction of sp³-hybridized carbons (Fsp3) is 0.381. The average Bonchev–Trinajstić information content (AvgIpc) is 3.34. The average molecular weight is 507 g/mol. The standard InChI is InChI=1S/C21H29N7.HI/c1-17-23-12-14-28(17)13-8-7-11-24-21(22-2)27(3)16-20-25-15-19(26-20)18-9-5-4-6-10-18;/h4-6,9-10,12,14-15H,7-8,11,13,16H2,1-3H3,(H,22,24)(H,25,26);1H. The van der Waals surface area contributed by atoms with Crippen LogP contribution >= 0.6 is 24.0 Å². The van der Waals surface area contributed by atoms with Gasteiger partial charge < -0.3 is 19.8 Å². The maximum atomic E-state index is 4.51. The molecule has 2 heterocycles. The Morgan fingerprint density at radius 3 is 2.69 bits per heavy atom.